The van der Waals surface area contributed by atoms with Crippen LogP contribution in [0.2, 0.25) is 0 Å². The lowest BCUT2D eigenvalue weighted by Crippen LogP contribution is -2.35. The lowest BCUT2D eigenvalue weighted by molar-refractivity contribution is 0.0169. The molecule has 0 spiro atoms. The Labute approximate surface area is 119 Å². The van der Waals surface area contributed by atoms with Gasteiger partial charge in [0.15, 0.2) is 0 Å². The monoisotopic (exact) mass is 280 g/mol. The molecule has 1 atom stereocenters. The van der Waals surface area contributed by atoms with Gasteiger partial charge in [-0.1, -0.05) is 0 Å². The van der Waals surface area contributed by atoms with Gasteiger partial charge in [-0.15, -0.1) is 0 Å². The molecule has 0 radical (unpaired) electrons. The van der Waals surface area contributed by atoms with Crippen molar-refractivity contribution in [3.63, 3.8) is 0 Å². The Morgan fingerprint density at radius 2 is 2.45 bits per heavy atom. The highest BCUT2D eigenvalue weighted by Gasteiger charge is 2.17. The van der Waals surface area contributed by atoms with Crippen molar-refractivity contribution >= 4 is 5.91 Å². The van der Waals surface area contributed by atoms with E-state index in [2.05, 4.69) is 10.4 Å². The highest BCUT2D eigenvalue weighted by molar-refractivity contribution is 5.95. The number of nitrogens with two attached hydrogens (primary N) is 1. The van der Waals surface area contributed by atoms with Crippen LogP contribution in [-0.4, -0.2) is 41.5 Å². The molecule has 1 fully saturated rings. The predicted octanol–water partition coefficient (Wildman–Crippen LogP) is 0.839. The zero-order valence-electron chi connectivity index (χ0n) is 12.1. The zero-order chi connectivity index (χ0) is 14.4. The Balaban J connectivity index is 1.86. The fourth-order valence-corrected chi connectivity index (χ4v) is 2.41. The summed E-state index contributed by atoms with van der Waals surface area (Å²) in [5, 5.41) is 7.18. The first-order valence-electron chi connectivity index (χ1n) is 7.34. The van der Waals surface area contributed by atoms with Gasteiger partial charge in [0.05, 0.1) is 17.9 Å². The highest BCUT2D eigenvalue weighted by atomic mass is 16.5. The second-order valence-electron chi connectivity index (χ2n) is 5.21. The topological polar surface area (TPSA) is 82.2 Å². The third kappa shape index (κ3) is 3.80. The quantitative estimate of drug-likeness (QED) is 0.809. The molecule has 0 bridgehead atoms. The number of carbonyl (C=O) groups is 1. The number of ether oxygens (including phenoxy) is 1. The summed E-state index contributed by atoms with van der Waals surface area (Å²) in [5.74, 6) is -0.0735. The molecule has 1 saturated heterocycles. The van der Waals surface area contributed by atoms with Crippen LogP contribution in [0.5, 0.6) is 0 Å². The second-order valence-corrected chi connectivity index (χ2v) is 5.21. The summed E-state index contributed by atoms with van der Waals surface area (Å²) in [6.07, 6.45) is 5.96. The van der Waals surface area contributed by atoms with Gasteiger partial charge < -0.3 is 15.8 Å². The van der Waals surface area contributed by atoms with Crippen LogP contribution in [0.15, 0.2) is 6.20 Å². The van der Waals surface area contributed by atoms with E-state index < -0.39 is 0 Å². The van der Waals surface area contributed by atoms with E-state index in [-0.39, 0.29) is 12.0 Å². The Morgan fingerprint density at radius 1 is 1.60 bits per heavy atom. The van der Waals surface area contributed by atoms with E-state index >= 15 is 0 Å². The molecule has 3 N–H and O–H groups in total. The van der Waals surface area contributed by atoms with Crippen LogP contribution < -0.4 is 11.1 Å². The molecule has 1 aliphatic heterocycles. The fraction of sp³-hybridized carbons (Fsp3) is 0.714. The van der Waals surface area contributed by atoms with E-state index in [9.17, 15) is 4.79 Å². The van der Waals surface area contributed by atoms with Gasteiger partial charge in [-0.2, -0.15) is 5.10 Å². The number of amides is 1. The van der Waals surface area contributed by atoms with Crippen LogP contribution in [0.25, 0.3) is 0 Å². The smallest absolute Gasteiger partial charge is 0.254 e. The van der Waals surface area contributed by atoms with Crippen molar-refractivity contribution in [2.45, 2.75) is 45.3 Å². The molecule has 1 aliphatic rings. The van der Waals surface area contributed by atoms with E-state index in [4.69, 9.17) is 10.5 Å². The maximum absolute atomic E-state index is 12.2. The lowest BCUT2D eigenvalue weighted by Gasteiger charge is -2.22. The van der Waals surface area contributed by atoms with Crippen molar-refractivity contribution in [3.8, 4) is 0 Å². The number of nitrogens with zero attached hydrogens (tertiary/aromatic N) is 2. The highest BCUT2D eigenvalue weighted by Crippen LogP contribution is 2.12. The summed E-state index contributed by atoms with van der Waals surface area (Å²) in [7, 11) is 0. The Hall–Kier alpha value is -1.40. The summed E-state index contributed by atoms with van der Waals surface area (Å²) in [4.78, 5) is 12.2. The average Bonchev–Trinajstić information content (AvgIpc) is 2.85. The lowest BCUT2D eigenvalue weighted by atomic mass is 10.1. The SMILES string of the molecule is Cc1c(C(=O)NCC2CCCCO2)cnn1CCCN. The molecular weight excluding hydrogens is 256 g/mol. The Morgan fingerprint density at radius 3 is 3.15 bits per heavy atom. The molecule has 20 heavy (non-hydrogen) atoms. The van der Waals surface area contributed by atoms with Crippen molar-refractivity contribution in [2.24, 2.45) is 5.73 Å². The van der Waals surface area contributed by atoms with Crippen molar-refractivity contribution in [1.82, 2.24) is 15.1 Å². The minimum atomic E-state index is -0.0735. The van der Waals surface area contributed by atoms with Crippen LogP contribution in [-0.2, 0) is 11.3 Å². The summed E-state index contributed by atoms with van der Waals surface area (Å²) >= 11 is 0. The number of aromatic nitrogens is 2. The molecule has 1 aromatic rings. The molecule has 6 nitrogen and oxygen atoms in total. The first-order valence-corrected chi connectivity index (χ1v) is 7.34. The Bertz CT molecular complexity index is 438. The van der Waals surface area contributed by atoms with Gasteiger partial charge in [-0.3, -0.25) is 9.48 Å². The largest absolute Gasteiger partial charge is 0.376 e. The van der Waals surface area contributed by atoms with Crippen LogP contribution in [0.3, 0.4) is 0 Å². The number of nitrogens with one attached hydrogen (secondary N) is 1. The fourth-order valence-electron chi connectivity index (χ4n) is 2.41. The van der Waals surface area contributed by atoms with Crippen molar-refractivity contribution in [3.05, 3.63) is 17.5 Å². The molecule has 0 aliphatic carbocycles. The number of aryl methyl sites for hydroxylation is 1. The first kappa shape index (κ1) is 15.0. The van der Waals surface area contributed by atoms with Crippen molar-refractivity contribution in [1.29, 1.82) is 0 Å². The van der Waals surface area contributed by atoms with Crippen LogP contribution in [0.4, 0.5) is 0 Å². The van der Waals surface area contributed by atoms with Crippen LogP contribution >= 0.6 is 0 Å². The summed E-state index contributed by atoms with van der Waals surface area (Å²) < 4.78 is 7.44. The third-order valence-corrected chi connectivity index (χ3v) is 3.69. The standard InChI is InChI=1S/C14H24N4O2/c1-11-13(10-17-18(11)7-4-6-15)14(19)16-9-12-5-2-3-8-20-12/h10,12H,2-9,15H2,1H3,(H,16,19). The molecule has 0 aromatic carbocycles. The molecule has 0 saturated carbocycles. The predicted molar refractivity (Wildman–Crippen MR) is 76.6 cm³/mol. The van der Waals surface area contributed by atoms with E-state index in [1.807, 2.05) is 11.6 Å². The molecule has 112 valence electrons. The maximum atomic E-state index is 12.2. The minimum absolute atomic E-state index is 0.0735. The molecule has 1 aromatic heterocycles. The molecule has 6 heteroatoms. The van der Waals surface area contributed by atoms with Gasteiger partial charge in [0.2, 0.25) is 0 Å². The van der Waals surface area contributed by atoms with E-state index in [1.165, 1.54) is 6.42 Å². The minimum Gasteiger partial charge on any atom is -0.376 e. The molecule has 2 heterocycles. The van der Waals surface area contributed by atoms with Gasteiger partial charge in [-0.05, 0) is 39.2 Å². The zero-order valence-corrected chi connectivity index (χ0v) is 12.1. The van der Waals surface area contributed by atoms with E-state index in [0.717, 1.165) is 38.1 Å². The number of rotatable bonds is 6. The second kappa shape index (κ2) is 7.40. The maximum Gasteiger partial charge on any atom is 0.254 e. The third-order valence-electron chi connectivity index (χ3n) is 3.69. The molecule has 1 unspecified atom stereocenters. The van der Waals surface area contributed by atoms with Crippen LogP contribution in [0.1, 0.15) is 41.7 Å². The molecular formula is C14H24N4O2. The van der Waals surface area contributed by atoms with Gasteiger partial charge in [0, 0.05) is 25.4 Å². The van der Waals surface area contributed by atoms with Crippen LogP contribution in [0, 0.1) is 6.92 Å². The van der Waals surface area contributed by atoms with Gasteiger partial charge >= 0.3 is 0 Å². The summed E-state index contributed by atoms with van der Waals surface area (Å²) in [6.45, 7) is 4.67. The molecule has 2 rings (SSSR count). The van der Waals surface area contributed by atoms with E-state index in [0.29, 0.717) is 18.7 Å². The number of hydrogen-bond donors (Lipinski definition) is 2. The van der Waals surface area contributed by atoms with Crippen molar-refractivity contribution < 1.29 is 9.53 Å². The van der Waals surface area contributed by atoms with Gasteiger partial charge in [0.1, 0.15) is 0 Å². The first-order chi connectivity index (χ1) is 9.72. The van der Waals surface area contributed by atoms with E-state index in [1.54, 1.807) is 6.20 Å². The van der Waals surface area contributed by atoms with Gasteiger partial charge in [-0.25, -0.2) is 0 Å². The van der Waals surface area contributed by atoms with Crippen molar-refractivity contribution in [2.75, 3.05) is 19.7 Å². The molecule has 1 amide bonds. The normalized spacial score (nSPS) is 19.0. The number of hydrogen-bond acceptors (Lipinski definition) is 4. The summed E-state index contributed by atoms with van der Waals surface area (Å²) in [5.41, 5.74) is 7.02. The Kier molecular flexibility index (Phi) is 5.55. The summed E-state index contributed by atoms with van der Waals surface area (Å²) in [6, 6.07) is 0. The number of carbonyl (C=O) groups excluding carboxylic acids is 1. The van der Waals surface area contributed by atoms with Gasteiger partial charge in [0.25, 0.3) is 5.91 Å². The average molecular weight is 280 g/mol.